The first-order chi connectivity index (χ1) is 10.2. The number of nitrogens with zero attached hydrogens (tertiary/aromatic N) is 2. The van der Waals surface area contributed by atoms with Crippen molar-refractivity contribution in [1.29, 1.82) is 0 Å². The molecule has 0 radical (unpaired) electrons. The number of H-pyrrole nitrogens is 1. The fourth-order valence-electron chi connectivity index (χ4n) is 2.81. The molecular weight excluding hydrogens is 268 g/mol. The Morgan fingerprint density at radius 3 is 2.86 bits per heavy atom. The fourth-order valence-corrected chi connectivity index (χ4v) is 2.81. The molecule has 0 bridgehead atoms. The van der Waals surface area contributed by atoms with Crippen molar-refractivity contribution in [3.63, 3.8) is 0 Å². The lowest BCUT2D eigenvalue weighted by atomic mass is 9.96. The van der Waals surface area contributed by atoms with Crippen molar-refractivity contribution in [2.75, 3.05) is 18.4 Å². The summed E-state index contributed by atoms with van der Waals surface area (Å²) in [6.07, 6.45) is 4.62. The predicted octanol–water partition coefficient (Wildman–Crippen LogP) is 1.56. The van der Waals surface area contributed by atoms with Crippen LogP contribution < -0.4 is 5.32 Å². The average Bonchev–Trinajstić information content (AvgIpc) is 3.27. The van der Waals surface area contributed by atoms with Crippen molar-refractivity contribution in [1.82, 2.24) is 15.1 Å². The molecule has 1 aromatic rings. The van der Waals surface area contributed by atoms with Gasteiger partial charge in [-0.3, -0.25) is 14.7 Å². The van der Waals surface area contributed by atoms with E-state index in [1.54, 1.807) is 0 Å². The van der Waals surface area contributed by atoms with Crippen LogP contribution in [0.1, 0.15) is 38.3 Å². The normalized spacial score (nSPS) is 22.1. The maximum absolute atomic E-state index is 12.3. The maximum Gasteiger partial charge on any atom is 0.230 e. The second-order valence-electron chi connectivity index (χ2n) is 6.02. The number of aromatic amines is 1. The van der Waals surface area contributed by atoms with E-state index >= 15 is 0 Å². The number of aromatic nitrogens is 2. The molecule has 3 rings (SSSR count). The van der Waals surface area contributed by atoms with Crippen molar-refractivity contribution in [3.8, 4) is 0 Å². The van der Waals surface area contributed by atoms with Gasteiger partial charge in [0.1, 0.15) is 0 Å². The Balaban J connectivity index is 1.57. The van der Waals surface area contributed by atoms with Crippen molar-refractivity contribution in [3.05, 3.63) is 11.8 Å². The molecule has 0 spiro atoms. The van der Waals surface area contributed by atoms with E-state index in [1.807, 2.05) is 17.9 Å². The van der Waals surface area contributed by atoms with Crippen LogP contribution in [0.15, 0.2) is 6.07 Å². The Kier molecular flexibility index (Phi) is 3.94. The molecule has 2 fully saturated rings. The van der Waals surface area contributed by atoms with Gasteiger partial charge in [0.15, 0.2) is 5.82 Å². The van der Waals surface area contributed by atoms with Gasteiger partial charge in [-0.1, -0.05) is 6.92 Å². The summed E-state index contributed by atoms with van der Waals surface area (Å²) in [5, 5.41) is 9.81. The smallest absolute Gasteiger partial charge is 0.230 e. The van der Waals surface area contributed by atoms with E-state index in [1.165, 1.54) is 0 Å². The molecule has 6 nitrogen and oxygen atoms in total. The summed E-state index contributed by atoms with van der Waals surface area (Å²) in [6, 6.07) is 1.86. The minimum absolute atomic E-state index is 0.0301. The van der Waals surface area contributed by atoms with Crippen molar-refractivity contribution in [2.24, 2.45) is 11.8 Å². The molecule has 1 aliphatic heterocycles. The first-order valence-corrected chi connectivity index (χ1v) is 7.81. The summed E-state index contributed by atoms with van der Waals surface area (Å²) in [6.45, 7) is 3.37. The summed E-state index contributed by atoms with van der Waals surface area (Å²) < 4.78 is 0. The van der Waals surface area contributed by atoms with E-state index in [0.29, 0.717) is 12.4 Å². The van der Waals surface area contributed by atoms with Crippen molar-refractivity contribution >= 4 is 17.6 Å². The summed E-state index contributed by atoms with van der Waals surface area (Å²) in [5.74, 6) is 0.883. The van der Waals surface area contributed by atoms with E-state index in [9.17, 15) is 9.59 Å². The molecule has 1 aliphatic carbocycles. The minimum atomic E-state index is -0.122. The Morgan fingerprint density at radius 1 is 1.38 bits per heavy atom. The summed E-state index contributed by atoms with van der Waals surface area (Å²) in [4.78, 5) is 26.3. The lowest BCUT2D eigenvalue weighted by molar-refractivity contribution is -0.135. The largest absolute Gasteiger partial charge is 0.342 e. The van der Waals surface area contributed by atoms with Crippen molar-refractivity contribution < 1.29 is 9.59 Å². The van der Waals surface area contributed by atoms with Gasteiger partial charge >= 0.3 is 0 Å². The zero-order valence-electron chi connectivity index (χ0n) is 12.4. The number of likely N-dealkylation sites (tertiary alicyclic amines) is 1. The predicted molar refractivity (Wildman–Crippen MR) is 78.6 cm³/mol. The highest BCUT2D eigenvalue weighted by Gasteiger charge is 2.36. The van der Waals surface area contributed by atoms with Crippen LogP contribution in [-0.4, -0.2) is 40.0 Å². The van der Waals surface area contributed by atoms with Crippen LogP contribution in [-0.2, 0) is 16.0 Å². The van der Waals surface area contributed by atoms with Gasteiger partial charge in [0.2, 0.25) is 11.8 Å². The van der Waals surface area contributed by atoms with Gasteiger partial charge in [0, 0.05) is 30.8 Å². The van der Waals surface area contributed by atoms with Crippen LogP contribution in [0.5, 0.6) is 0 Å². The van der Waals surface area contributed by atoms with Crippen LogP contribution in [0.4, 0.5) is 5.82 Å². The van der Waals surface area contributed by atoms with Crippen molar-refractivity contribution in [2.45, 2.75) is 39.0 Å². The monoisotopic (exact) mass is 290 g/mol. The number of rotatable bonds is 4. The minimum Gasteiger partial charge on any atom is -0.342 e. The van der Waals surface area contributed by atoms with E-state index in [2.05, 4.69) is 15.5 Å². The molecule has 1 saturated carbocycles. The Morgan fingerprint density at radius 2 is 2.19 bits per heavy atom. The van der Waals surface area contributed by atoms with Gasteiger partial charge in [-0.25, -0.2) is 0 Å². The van der Waals surface area contributed by atoms with Crippen LogP contribution in [0.3, 0.4) is 0 Å². The Labute approximate surface area is 124 Å². The molecule has 2 aliphatic rings. The number of hydrogen-bond donors (Lipinski definition) is 2. The molecule has 1 saturated heterocycles. The number of anilines is 1. The standard InChI is InChI=1S/C15H22N4O2/c1-2-12-8-13(18-17-12)16-14(20)11-4-3-7-19(9-11)15(21)10-5-6-10/h8,10-11H,2-7,9H2,1H3,(H2,16,17,18,20). The molecule has 2 amide bonds. The number of carbonyl (C=O) groups is 2. The molecule has 1 aromatic heterocycles. The molecule has 21 heavy (non-hydrogen) atoms. The van der Waals surface area contributed by atoms with Gasteiger partial charge in [-0.05, 0) is 32.1 Å². The fraction of sp³-hybridized carbons (Fsp3) is 0.667. The topological polar surface area (TPSA) is 78.1 Å². The number of carbonyl (C=O) groups excluding carboxylic acids is 2. The third-order valence-corrected chi connectivity index (χ3v) is 4.29. The first kappa shape index (κ1) is 14.1. The third kappa shape index (κ3) is 3.25. The van der Waals surface area contributed by atoms with Gasteiger partial charge in [-0.15, -0.1) is 0 Å². The third-order valence-electron chi connectivity index (χ3n) is 4.29. The highest BCUT2D eigenvalue weighted by molar-refractivity contribution is 5.92. The number of hydrogen-bond acceptors (Lipinski definition) is 3. The highest BCUT2D eigenvalue weighted by Crippen LogP contribution is 2.32. The Hall–Kier alpha value is -1.85. The Bertz CT molecular complexity index is 536. The van der Waals surface area contributed by atoms with Gasteiger partial charge in [-0.2, -0.15) is 5.10 Å². The van der Waals surface area contributed by atoms with Crippen LogP contribution in [0, 0.1) is 11.8 Å². The lowest BCUT2D eigenvalue weighted by Crippen LogP contribution is -2.44. The second-order valence-corrected chi connectivity index (χ2v) is 6.02. The average molecular weight is 290 g/mol. The van der Waals surface area contributed by atoms with Crippen LogP contribution >= 0.6 is 0 Å². The maximum atomic E-state index is 12.3. The number of nitrogens with one attached hydrogen (secondary N) is 2. The molecular formula is C15H22N4O2. The van der Waals surface area contributed by atoms with E-state index < -0.39 is 0 Å². The van der Waals surface area contributed by atoms with Gasteiger partial charge in [0.05, 0.1) is 5.92 Å². The molecule has 1 atom stereocenters. The molecule has 114 valence electrons. The highest BCUT2D eigenvalue weighted by atomic mass is 16.2. The number of amides is 2. The molecule has 0 aromatic carbocycles. The number of aryl methyl sites for hydroxylation is 1. The lowest BCUT2D eigenvalue weighted by Gasteiger charge is -2.32. The summed E-state index contributed by atoms with van der Waals surface area (Å²) in [5.41, 5.74) is 1.000. The van der Waals surface area contributed by atoms with Crippen LogP contribution in [0.2, 0.25) is 0 Å². The summed E-state index contributed by atoms with van der Waals surface area (Å²) in [7, 11) is 0. The second kappa shape index (κ2) is 5.87. The van der Waals surface area contributed by atoms with Crippen LogP contribution in [0.25, 0.3) is 0 Å². The first-order valence-electron chi connectivity index (χ1n) is 7.81. The summed E-state index contributed by atoms with van der Waals surface area (Å²) >= 11 is 0. The zero-order valence-corrected chi connectivity index (χ0v) is 12.4. The number of piperidine rings is 1. The van der Waals surface area contributed by atoms with E-state index in [4.69, 9.17) is 0 Å². The van der Waals surface area contributed by atoms with Gasteiger partial charge < -0.3 is 10.2 Å². The van der Waals surface area contributed by atoms with E-state index in [0.717, 1.165) is 44.3 Å². The zero-order chi connectivity index (χ0) is 14.8. The molecule has 6 heteroatoms. The molecule has 2 heterocycles. The molecule has 2 N–H and O–H groups in total. The van der Waals surface area contributed by atoms with Gasteiger partial charge in [0.25, 0.3) is 0 Å². The molecule has 1 unspecified atom stereocenters. The SMILES string of the molecule is CCc1cc(NC(=O)C2CCCN(C(=O)C3CC3)C2)n[nH]1. The van der Waals surface area contributed by atoms with E-state index in [-0.39, 0.29) is 23.7 Å². The quantitative estimate of drug-likeness (QED) is 0.883.